The van der Waals surface area contributed by atoms with Gasteiger partial charge in [0.2, 0.25) is 0 Å². The van der Waals surface area contributed by atoms with Crippen molar-refractivity contribution >= 4 is 0 Å². The molecule has 2 unspecified atom stereocenters. The van der Waals surface area contributed by atoms with Crippen LogP contribution in [0.15, 0.2) is 18.7 Å². The average Bonchev–Trinajstić information content (AvgIpc) is 2.27. The molecule has 0 aromatic carbocycles. The third-order valence-corrected chi connectivity index (χ3v) is 3.03. The fourth-order valence-corrected chi connectivity index (χ4v) is 2.61. The zero-order chi connectivity index (χ0) is 13.6. The molecule has 18 heavy (non-hydrogen) atoms. The Morgan fingerprint density at radius 3 is 2.33 bits per heavy atom. The Labute approximate surface area is 111 Å². The van der Waals surface area contributed by atoms with Gasteiger partial charge in [-0.25, -0.2) is 9.97 Å². The number of rotatable bonds is 6. The minimum atomic E-state index is 0.369. The lowest BCUT2D eigenvalue weighted by Crippen LogP contribution is -2.24. The number of nitrogens with zero attached hydrogens (tertiary/aromatic N) is 2. The van der Waals surface area contributed by atoms with Gasteiger partial charge in [-0.2, -0.15) is 0 Å². The molecule has 102 valence electrons. The average molecular weight is 249 g/mol. The van der Waals surface area contributed by atoms with E-state index in [0.29, 0.717) is 17.4 Å². The molecule has 1 aromatic heterocycles. The van der Waals surface area contributed by atoms with E-state index in [-0.39, 0.29) is 0 Å². The summed E-state index contributed by atoms with van der Waals surface area (Å²) in [6, 6.07) is 0.369. The molecule has 0 saturated carbocycles. The van der Waals surface area contributed by atoms with Crippen molar-refractivity contribution in [2.75, 3.05) is 6.54 Å². The van der Waals surface area contributed by atoms with Crippen molar-refractivity contribution in [3.8, 4) is 0 Å². The van der Waals surface area contributed by atoms with E-state index in [0.717, 1.165) is 13.0 Å². The molecule has 1 rings (SSSR count). The molecule has 3 heteroatoms. The molecule has 0 aliphatic rings. The van der Waals surface area contributed by atoms with Crippen LogP contribution in [0, 0.1) is 11.3 Å². The highest BCUT2D eigenvalue weighted by Gasteiger charge is 2.20. The third kappa shape index (κ3) is 5.58. The van der Waals surface area contributed by atoms with Crippen molar-refractivity contribution in [1.82, 2.24) is 15.3 Å². The number of aromatic nitrogens is 2. The second-order valence-electron chi connectivity index (χ2n) is 6.39. The monoisotopic (exact) mass is 249 g/mol. The van der Waals surface area contributed by atoms with Crippen LogP contribution in [0.2, 0.25) is 0 Å². The molecule has 0 aliphatic carbocycles. The standard InChI is InChI=1S/C15H27N3/c1-6-18-14(13-9-16-11-17-10-13)7-12(2)8-15(3,4)5/h9-12,14,18H,6-8H2,1-5H3. The van der Waals surface area contributed by atoms with Gasteiger partial charge in [0.25, 0.3) is 0 Å². The van der Waals surface area contributed by atoms with E-state index in [4.69, 9.17) is 0 Å². The largest absolute Gasteiger partial charge is 0.310 e. The zero-order valence-electron chi connectivity index (χ0n) is 12.4. The van der Waals surface area contributed by atoms with Gasteiger partial charge in [0.15, 0.2) is 0 Å². The van der Waals surface area contributed by atoms with Crippen LogP contribution in [-0.4, -0.2) is 16.5 Å². The first-order valence-electron chi connectivity index (χ1n) is 6.90. The molecule has 0 amide bonds. The summed E-state index contributed by atoms with van der Waals surface area (Å²) < 4.78 is 0. The predicted molar refractivity (Wildman–Crippen MR) is 76.3 cm³/mol. The van der Waals surface area contributed by atoms with Crippen LogP contribution in [0.25, 0.3) is 0 Å². The Kier molecular flexibility index (Phi) is 5.73. The van der Waals surface area contributed by atoms with Crippen LogP contribution in [0.4, 0.5) is 0 Å². The first-order chi connectivity index (χ1) is 8.42. The lowest BCUT2D eigenvalue weighted by Gasteiger charge is -2.27. The first-order valence-corrected chi connectivity index (χ1v) is 6.90. The van der Waals surface area contributed by atoms with Gasteiger partial charge in [-0.05, 0) is 30.7 Å². The maximum atomic E-state index is 4.12. The third-order valence-electron chi connectivity index (χ3n) is 3.03. The summed E-state index contributed by atoms with van der Waals surface area (Å²) in [4.78, 5) is 8.24. The second kappa shape index (κ2) is 6.83. The van der Waals surface area contributed by atoms with Crippen LogP contribution in [0.1, 0.15) is 59.1 Å². The van der Waals surface area contributed by atoms with Crippen molar-refractivity contribution < 1.29 is 0 Å². The molecule has 1 N–H and O–H groups in total. The molecular weight excluding hydrogens is 222 g/mol. The first kappa shape index (κ1) is 15.1. The lowest BCUT2D eigenvalue weighted by atomic mass is 9.82. The maximum Gasteiger partial charge on any atom is 0.115 e. The van der Waals surface area contributed by atoms with Gasteiger partial charge in [0.1, 0.15) is 6.33 Å². The molecule has 0 bridgehead atoms. The summed E-state index contributed by atoms with van der Waals surface area (Å²) in [5.74, 6) is 0.689. The highest BCUT2D eigenvalue weighted by molar-refractivity contribution is 5.09. The van der Waals surface area contributed by atoms with Gasteiger partial charge in [-0.15, -0.1) is 0 Å². The maximum absolute atomic E-state index is 4.12. The Morgan fingerprint density at radius 1 is 1.22 bits per heavy atom. The van der Waals surface area contributed by atoms with Gasteiger partial charge in [0, 0.05) is 24.0 Å². The van der Waals surface area contributed by atoms with Gasteiger partial charge < -0.3 is 5.32 Å². The topological polar surface area (TPSA) is 37.8 Å². The van der Waals surface area contributed by atoms with E-state index in [1.54, 1.807) is 6.33 Å². The number of hydrogen-bond donors (Lipinski definition) is 1. The van der Waals surface area contributed by atoms with Crippen molar-refractivity contribution in [3.05, 3.63) is 24.3 Å². The summed E-state index contributed by atoms with van der Waals surface area (Å²) in [7, 11) is 0. The summed E-state index contributed by atoms with van der Waals surface area (Å²) in [6.45, 7) is 12.4. The SMILES string of the molecule is CCNC(CC(C)CC(C)(C)C)c1cncnc1. The van der Waals surface area contributed by atoms with Crippen LogP contribution in [-0.2, 0) is 0 Å². The molecule has 0 aliphatic heterocycles. The quantitative estimate of drug-likeness (QED) is 0.837. The van der Waals surface area contributed by atoms with Gasteiger partial charge in [-0.3, -0.25) is 0 Å². The van der Waals surface area contributed by atoms with Crippen molar-refractivity contribution in [2.24, 2.45) is 11.3 Å². The van der Waals surface area contributed by atoms with Crippen LogP contribution >= 0.6 is 0 Å². The highest BCUT2D eigenvalue weighted by atomic mass is 14.9. The van der Waals surface area contributed by atoms with E-state index < -0.39 is 0 Å². The molecule has 1 aromatic rings. The number of hydrogen-bond acceptors (Lipinski definition) is 3. The fourth-order valence-electron chi connectivity index (χ4n) is 2.61. The zero-order valence-corrected chi connectivity index (χ0v) is 12.4. The Hall–Kier alpha value is -0.960. The van der Waals surface area contributed by atoms with Crippen molar-refractivity contribution in [1.29, 1.82) is 0 Å². The molecule has 0 saturated heterocycles. The second-order valence-corrected chi connectivity index (χ2v) is 6.39. The van der Waals surface area contributed by atoms with Crippen LogP contribution < -0.4 is 5.32 Å². The minimum absolute atomic E-state index is 0.369. The number of nitrogens with one attached hydrogen (secondary N) is 1. The van der Waals surface area contributed by atoms with Crippen LogP contribution in [0.5, 0.6) is 0 Å². The van der Waals surface area contributed by atoms with Crippen LogP contribution in [0.3, 0.4) is 0 Å². The van der Waals surface area contributed by atoms with Crippen molar-refractivity contribution in [2.45, 2.75) is 53.5 Å². The molecule has 2 atom stereocenters. The Balaban J connectivity index is 2.64. The van der Waals surface area contributed by atoms with Crippen molar-refractivity contribution in [3.63, 3.8) is 0 Å². The lowest BCUT2D eigenvalue weighted by molar-refractivity contribution is 0.276. The molecule has 1 heterocycles. The molecule has 3 nitrogen and oxygen atoms in total. The van der Waals surface area contributed by atoms with E-state index in [1.807, 2.05) is 12.4 Å². The normalized spacial score (nSPS) is 15.4. The van der Waals surface area contributed by atoms with E-state index in [1.165, 1.54) is 12.0 Å². The molecule has 0 fully saturated rings. The fraction of sp³-hybridized carbons (Fsp3) is 0.733. The molecule has 0 radical (unpaired) electrons. The summed E-state index contributed by atoms with van der Waals surface area (Å²) in [5.41, 5.74) is 1.59. The van der Waals surface area contributed by atoms with Gasteiger partial charge in [0.05, 0.1) is 0 Å². The Bertz CT molecular complexity index is 329. The minimum Gasteiger partial charge on any atom is -0.310 e. The summed E-state index contributed by atoms with van der Waals surface area (Å²) >= 11 is 0. The van der Waals surface area contributed by atoms with E-state index in [9.17, 15) is 0 Å². The highest BCUT2D eigenvalue weighted by Crippen LogP contribution is 2.30. The smallest absolute Gasteiger partial charge is 0.115 e. The summed E-state index contributed by atoms with van der Waals surface area (Å²) in [5, 5.41) is 3.54. The molecular formula is C15H27N3. The van der Waals surface area contributed by atoms with E-state index >= 15 is 0 Å². The van der Waals surface area contributed by atoms with E-state index in [2.05, 4.69) is 49.9 Å². The molecule has 0 spiro atoms. The Morgan fingerprint density at radius 2 is 1.83 bits per heavy atom. The van der Waals surface area contributed by atoms with Gasteiger partial charge in [-0.1, -0.05) is 34.6 Å². The van der Waals surface area contributed by atoms with Gasteiger partial charge >= 0.3 is 0 Å². The predicted octanol–water partition coefficient (Wildman–Crippen LogP) is 3.59. The summed E-state index contributed by atoms with van der Waals surface area (Å²) in [6.07, 6.45) is 7.81.